The minimum absolute atomic E-state index is 0.0172. The first-order valence-corrected chi connectivity index (χ1v) is 6.10. The van der Waals surface area contributed by atoms with E-state index in [2.05, 4.69) is 15.0 Å². The number of aromatic nitrogens is 1. The lowest BCUT2D eigenvalue weighted by Gasteiger charge is -2.14. The zero-order valence-electron chi connectivity index (χ0n) is 11.1. The summed E-state index contributed by atoms with van der Waals surface area (Å²) in [4.78, 5) is 4.10. The molecule has 21 heavy (non-hydrogen) atoms. The van der Waals surface area contributed by atoms with E-state index in [-0.39, 0.29) is 5.75 Å². The Morgan fingerprint density at radius 1 is 1.14 bits per heavy atom. The van der Waals surface area contributed by atoms with Crippen LogP contribution >= 0.6 is 0 Å². The van der Waals surface area contributed by atoms with Crippen LogP contribution in [0.3, 0.4) is 0 Å². The minimum atomic E-state index is -4.77. The Hall–Kier alpha value is -2.28. The lowest BCUT2D eigenvalue weighted by Crippen LogP contribution is -2.17. The third-order valence-electron chi connectivity index (χ3n) is 2.45. The van der Waals surface area contributed by atoms with Gasteiger partial charge in [-0.25, -0.2) is 0 Å². The first kappa shape index (κ1) is 15.1. The summed E-state index contributed by atoms with van der Waals surface area (Å²) >= 11 is 0. The molecular formula is C14H13F3N2O2. The second-order valence-corrected chi connectivity index (χ2v) is 4.11. The van der Waals surface area contributed by atoms with Crippen molar-refractivity contribution in [2.24, 2.45) is 0 Å². The average molecular weight is 298 g/mol. The molecule has 2 rings (SSSR count). The van der Waals surface area contributed by atoms with Crippen LogP contribution in [0.4, 0.5) is 13.2 Å². The highest BCUT2D eigenvalue weighted by atomic mass is 19.4. The number of ether oxygens (including phenoxy) is 2. The van der Waals surface area contributed by atoms with Crippen LogP contribution in [0.15, 0.2) is 42.6 Å². The molecule has 4 nitrogen and oxygen atoms in total. The molecule has 0 spiro atoms. The summed E-state index contributed by atoms with van der Waals surface area (Å²) in [6, 6.07) is 8.79. The SMILES string of the molecule is CNCc1cc(Oc2ccccc2OC(F)(F)F)ccn1. The highest BCUT2D eigenvalue weighted by Gasteiger charge is 2.32. The van der Waals surface area contributed by atoms with E-state index in [1.165, 1.54) is 24.4 Å². The molecule has 112 valence electrons. The van der Waals surface area contributed by atoms with Crippen LogP contribution in [0.5, 0.6) is 17.2 Å². The van der Waals surface area contributed by atoms with Gasteiger partial charge in [-0.15, -0.1) is 13.2 Å². The first-order chi connectivity index (χ1) is 9.98. The Bertz CT molecular complexity index is 603. The maximum absolute atomic E-state index is 12.3. The van der Waals surface area contributed by atoms with E-state index in [0.717, 1.165) is 0 Å². The van der Waals surface area contributed by atoms with E-state index >= 15 is 0 Å². The van der Waals surface area contributed by atoms with Gasteiger partial charge in [-0.2, -0.15) is 0 Å². The molecular weight excluding hydrogens is 285 g/mol. The van der Waals surface area contributed by atoms with E-state index in [9.17, 15) is 13.2 Å². The molecule has 0 aliphatic heterocycles. The standard InChI is InChI=1S/C14H13F3N2O2/c1-18-9-10-8-11(6-7-19-10)20-12-4-2-3-5-13(12)21-14(15,16)17/h2-8,18H,9H2,1H3. The van der Waals surface area contributed by atoms with Crippen LogP contribution in [0.25, 0.3) is 0 Å². The maximum Gasteiger partial charge on any atom is 0.573 e. The molecule has 0 unspecified atom stereocenters. The molecule has 0 atom stereocenters. The van der Waals surface area contributed by atoms with Gasteiger partial charge in [-0.3, -0.25) is 4.98 Å². The predicted molar refractivity (Wildman–Crippen MR) is 70.2 cm³/mol. The number of halogens is 3. The number of nitrogens with one attached hydrogen (secondary N) is 1. The smallest absolute Gasteiger partial charge is 0.453 e. The van der Waals surface area contributed by atoms with Crippen LogP contribution in [0, 0.1) is 0 Å². The molecule has 1 N–H and O–H groups in total. The van der Waals surface area contributed by atoms with Crippen molar-refractivity contribution in [2.75, 3.05) is 7.05 Å². The van der Waals surface area contributed by atoms with E-state index in [0.29, 0.717) is 18.0 Å². The molecule has 0 bridgehead atoms. The monoisotopic (exact) mass is 298 g/mol. The lowest BCUT2D eigenvalue weighted by atomic mass is 10.3. The third-order valence-corrected chi connectivity index (χ3v) is 2.45. The second-order valence-electron chi connectivity index (χ2n) is 4.11. The molecule has 7 heteroatoms. The fraction of sp³-hybridized carbons (Fsp3) is 0.214. The molecule has 1 aromatic carbocycles. The molecule has 0 aliphatic carbocycles. The summed E-state index contributed by atoms with van der Waals surface area (Å²) in [5.74, 6) is -0.0260. The number of alkyl halides is 3. The Morgan fingerprint density at radius 3 is 2.52 bits per heavy atom. The summed E-state index contributed by atoms with van der Waals surface area (Å²) in [5.41, 5.74) is 0.712. The number of hydrogen-bond donors (Lipinski definition) is 1. The Labute approximate surface area is 119 Å². The van der Waals surface area contributed by atoms with Crippen molar-refractivity contribution in [3.8, 4) is 17.2 Å². The molecule has 2 aromatic rings. The molecule has 0 saturated heterocycles. The highest BCUT2D eigenvalue weighted by molar-refractivity contribution is 5.42. The van der Waals surface area contributed by atoms with Gasteiger partial charge < -0.3 is 14.8 Å². The van der Waals surface area contributed by atoms with Crippen LogP contribution in [-0.2, 0) is 6.54 Å². The van der Waals surface area contributed by atoms with E-state index < -0.39 is 12.1 Å². The fourth-order valence-corrected chi connectivity index (χ4v) is 1.67. The van der Waals surface area contributed by atoms with E-state index in [1.807, 2.05) is 0 Å². The Balaban J connectivity index is 2.21. The number of para-hydroxylation sites is 2. The molecule has 0 radical (unpaired) electrons. The van der Waals surface area contributed by atoms with Crippen molar-refractivity contribution < 1.29 is 22.6 Å². The van der Waals surface area contributed by atoms with Gasteiger partial charge in [0.2, 0.25) is 0 Å². The number of benzene rings is 1. The van der Waals surface area contributed by atoms with Crippen molar-refractivity contribution in [3.63, 3.8) is 0 Å². The molecule has 1 aromatic heterocycles. The average Bonchev–Trinajstić information content (AvgIpc) is 2.40. The van der Waals surface area contributed by atoms with Crippen LogP contribution < -0.4 is 14.8 Å². The van der Waals surface area contributed by atoms with Gasteiger partial charge in [0.05, 0.1) is 5.69 Å². The van der Waals surface area contributed by atoms with Gasteiger partial charge in [0, 0.05) is 18.8 Å². The van der Waals surface area contributed by atoms with Gasteiger partial charge in [0.1, 0.15) is 5.75 Å². The van der Waals surface area contributed by atoms with Gasteiger partial charge in [-0.1, -0.05) is 12.1 Å². The number of pyridine rings is 1. The lowest BCUT2D eigenvalue weighted by molar-refractivity contribution is -0.275. The summed E-state index contributed by atoms with van der Waals surface area (Å²) in [5, 5.41) is 2.93. The molecule has 0 amide bonds. The van der Waals surface area contributed by atoms with Crippen LogP contribution in [-0.4, -0.2) is 18.4 Å². The number of rotatable bonds is 5. The quantitative estimate of drug-likeness (QED) is 0.917. The van der Waals surface area contributed by atoms with Crippen molar-refractivity contribution in [1.82, 2.24) is 10.3 Å². The number of nitrogens with zero attached hydrogens (tertiary/aromatic N) is 1. The molecule has 0 fully saturated rings. The van der Waals surface area contributed by atoms with Gasteiger partial charge in [0.25, 0.3) is 0 Å². The van der Waals surface area contributed by atoms with Gasteiger partial charge >= 0.3 is 6.36 Å². The van der Waals surface area contributed by atoms with E-state index in [4.69, 9.17) is 4.74 Å². The van der Waals surface area contributed by atoms with Gasteiger partial charge in [-0.05, 0) is 25.2 Å². The minimum Gasteiger partial charge on any atom is -0.453 e. The highest BCUT2D eigenvalue weighted by Crippen LogP contribution is 2.34. The van der Waals surface area contributed by atoms with Crippen molar-refractivity contribution in [2.45, 2.75) is 12.9 Å². The normalized spacial score (nSPS) is 11.2. The molecule has 0 aliphatic rings. The van der Waals surface area contributed by atoms with Gasteiger partial charge in [0.15, 0.2) is 11.5 Å². The number of hydrogen-bond acceptors (Lipinski definition) is 4. The van der Waals surface area contributed by atoms with Crippen molar-refractivity contribution in [1.29, 1.82) is 0 Å². The van der Waals surface area contributed by atoms with Crippen LogP contribution in [0.1, 0.15) is 5.69 Å². The topological polar surface area (TPSA) is 43.4 Å². The zero-order chi connectivity index (χ0) is 15.3. The summed E-state index contributed by atoms with van der Waals surface area (Å²) in [7, 11) is 1.77. The summed E-state index contributed by atoms with van der Waals surface area (Å²) in [6.07, 6.45) is -3.25. The second kappa shape index (κ2) is 6.45. The van der Waals surface area contributed by atoms with Crippen molar-refractivity contribution in [3.05, 3.63) is 48.3 Å². The zero-order valence-corrected chi connectivity index (χ0v) is 11.1. The fourth-order valence-electron chi connectivity index (χ4n) is 1.67. The summed E-state index contributed by atoms with van der Waals surface area (Å²) < 4.78 is 46.4. The van der Waals surface area contributed by atoms with E-state index in [1.54, 1.807) is 25.2 Å². The predicted octanol–water partition coefficient (Wildman–Crippen LogP) is 3.49. The summed E-state index contributed by atoms with van der Waals surface area (Å²) in [6.45, 7) is 0.526. The van der Waals surface area contributed by atoms with Crippen LogP contribution in [0.2, 0.25) is 0 Å². The molecule has 0 saturated carbocycles. The first-order valence-electron chi connectivity index (χ1n) is 6.10. The largest absolute Gasteiger partial charge is 0.573 e. The Morgan fingerprint density at radius 2 is 1.86 bits per heavy atom. The molecule has 1 heterocycles. The Kier molecular flexibility index (Phi) is 4.64. The van der Waals surface area contributed by atoms with Crippen molar-refractivity contribution >= 4 is 0 Å². The maximum atomic E-state index is 12.3. The third kappa shape index (κ3) is 4.64.